The lowest BCUT2D eigenvalue weighted by atomic mass is 10.2. The maximum absolute atomic E-state index is 12.6. The molecule has 5 nitrogen and oxygen atoms in total. The lowest BCUT2D eigenvalue weighted by molar-refractivity contribution is -0.140. The second-order valence-corrected chi connectivity index (χ2v) is 6.19. The normalized spacial score (nSPS) is 12.8. The van der Waals surface area contributed by atoms with Gasteiger partial charge in [0.1, 0.15) is 10.7 Å². The van der Waals surface area contributed by atoms with Gasteiger partial charge in [0.05, 0.1) is 17.9 Å². The maximum Gasteiger partial charge on any atom is 0.434 e. The van der Waals surface area contributed by atoms with Gasteiger partial charge in [0.2, 0.25) is 0 Å². The highest BCUT2D eigenvalue weighted by molar-refractivity contribution is 7.09. The molecule has 1 N–H and O–H groups in total. The summed E-state index contributed by atoms with van der Waals surface area (Å²) in [5.41, 5.74) is 0.101. The standard InChI is InChI=1S/C15H17F3N4OS/c1-4-10(14-21-12(8-24-14)15(16,17)18)20-13(23)11-6-5-9(7-19-11)22(2)3/h5-8,10H,4H2,1-3H3,(H,20,23). The van der Waals surface area contributed by atoms with Gasteiger partial charge in [-0.2, -0.15) is 13.2 Å². The number of hydrogen-bond donors (Lipinski definition) is 1. The Balaban J connectivity index is 2.12. The van der Waals surface area contributed by atoms with Gasteiger partial charge in [0, 0.05) is 19.5 Å². The third kappa shape index (κ3) is 4.22. The Hall–Kier alpha value is -2.16. The van der Waals surface area contributed by atoms with Gasteiger partial charge in [-0.05, 0) is 18.6 Å². The number of halogens is 3. The van der Waals surface area contributed by atoms with Crippen LogP contribution in [-0.2, 0) is 6.18 Å². The molecule has 0 aliphatic heterocycles. The molecule has 1 amide bonds. The number of nitrogens with one attached hydrogen (secondary N) is 1. The molecule has 9 heteroatoms. The van der Waals surface area contributed by atoms with E-state index in [0.29, 0.717) is 6.42 Å². The Bertz CT molecular complexity index is 697. The lowest BCUT2D eigenvalue weighted by Crippen LogP contribution is -2.29. The van der Waals surface area contributed by atoms with Crippen LogP contribution in [0.1, 0.15) is 40.6 Å². The number of rotatable bonds is 5. The molecule has 0 saturated carbocycles. The van der Waals surface area contributed by atoms with Crippen LogP contribution in [-0.4, -0.2) is 30.0 Å². The molecular weight excluding hydrogens is 341 g/mol. The number of anilines is 1. The molecule has 2 rings (SSSR count). The van der Waals surface area contributed by atoms with Crippen LogP contribution in [0.5, 0.6) is 0 Å². The highest BCUT2D eigenvalue weighted by atomic mass is 32.1. The van der Waals surface area contributed by atoms with E-state index in [-0.39, 0.29) is 10.7 Å². The molecule has 130 valence electrons. The van der Waals surface area contributed by atoms with Crippen LogP contribution in [0, 0.1) is 0 Å². The zero-order valence-corrected chi connectivity index (χ0v) is 14.2. The van der Waals surface area contributed by atoms with Crippen LogP contribution in [0.25, 0.3) is 0 Å². The van der Waals surface area contributed by atoms with Gasteiger partial charge in [0.25, 0.3) is 5.91 Å². The second-order valence-electron chi connectivity index (χ2n) is 5.30. The van der Waals surface area contributed by atoms with Gasteiger partial charge in [-0.15, -0.1) is 11.3 Å². The average Bonchev–Trinajstić information content (AvgIpc) is 3.02. The Labute approximate surface area is 141 Å². The molecular formula is C15H17F3N4OS. The van der Waals surface area contributed by atoms with Crippen molar-refractivity contribution in [1.82, 2.24) is 15.3 Å². The predicted molar refractivity (Wildman–Crippen MR) is 86.2 cm³/mol. The number of thiazole rings is 1. The summed E-state index contributed by atoms with van der Waals surface area (Å²) in [6, 6.07) is 2.72. The highest BCUT2D eigenvalue weighted by Gasteiger charge is 2.34. The summed E-state index contributed by atoms with van der Waals surface area (Å²) in [6.45, 7) is 1.77. The van der Waals surface area contributed by atoms with E-state index in [2.05, 4.69) is 15.3 Å². The van der Waals surface area contributed by atoms with Crippen LogP contribution < -0.4 is 10.2 Å². The minimum Gasteiger partial charge on any atom is -0.376 e. The number of amides is 1. The Morgan fingerprint density at radius 3 is 2.54 bits per heavy atom. The van der Waals surface area contributed by atoms with Gasteiger partial charge < -0.3 is 10.2 Å². The van der Waals surface area contributed by atoms with E-state index in [4.69, 9.17) is 0 Å². The fourth-order valence-electron chi connectivity index (χ4n) is 1.93. The van der Waals surface area contributed by atoms with Gasteiger partial charge in [-0.3, -0.25) is 4.79 Å². The number of pyridine rings is 1. The third-order valence-electron chi connectivity index (χ3n) is 3.32. The van der Waals surface area contributed by atoms with Gasteiger partial charge in [0.15, 0.2) is 5.69 Å². The molecule has 0 aliphatic carbocycles. The van der Waals surface area contributed by atoms with E-state index in [1.165, 1.54) is 0 Å². The van der Waals surface area contributed by atoms with Crippen molar-refractivity contribution < 1.29 is 18.0 Å². The molecule has 2 aromatic rings. The van der Waals surface area contributed by atoms with Crippen molar-refractivity contribution in [2.24, 2.45) is 0 Å². The first kappa shape index (κ1) is 18.2. The van der Waals surface area contributed by atoms with Crippen molar-refractivity contribution in [3.8, 4) is 0 Å². The van der Waals surface area contributed by atoms with Crippen LogP contribution in [0.4, 0.5) is 18.9 Å². The smallest absolute Gasteiger partial charge is 0.376 e. The van der Waals surface area contributed by atoms with E-state index in [1.54, 1.807) is 25.3 Å². The zero-order valence-electron chi connectivity index (χ0n) is 13.4. The van der Waals surface area contributed by atoms with Crippen molar-refractivity contribution in [1.29, 1.82) is 0 Å². The number of hydrogen-bond acceptors (Lipinski definition) is 5. The zero-order chi connectivity index (χ0) is 17.9. The summed E-state index contributed by atoms with van der Waals surface area (Å²) in [7, 11) is 3.70. The van der Waals surface area contributed by atoms with Crippen LogP contribution in [0.3, 0.4) is 0 Å². The monoisotopic (exact) mass is 358 g/mol. The summed E-state index contributed by atoms with van der Waals surface area (Å²) >= 11 is 0.880. The van der Waals surface area contributed by atoms with Crippen molar-refractivity contribution in [3.05, 3.63) is 40.1 Å². The van der Waals surface area contributed by atoms with Crippen molar-refractivity contribution >= 4 is 22.9 Å². The summed E-state index contributed by atoms with van der Waals surface area (Å²) in [6.07, 6.45) is -2.51. The van der Waals surface area contributed by atoms with Crippen LogP contribution in [0.15, 0.2) is 23.7 Å². The average molecular weight is 358 g/mol. The number of carbonyl (C=O) groups excluding carboxylic acids is 1. The van der Waals surface area contributed by atoms with E-state index in [0.717, 1.165) is 22.4 Å². The number of alkyl halides is 3. The molecule has 0 aliphatic rings. The summed E-state index contributed by atoms with van der Waals surface area (Å²) in [5, 5.41) is 3.86. The molecule has 0 saturated heterocycles. The number of carbonyl (C=O) groups is 1. The molecule has 2 aromatic heterocycles. The second kappa shape index (κ2) is 7.16. The molecule has 0 bridgehead atoms. The first-order valence-electron chi connectivity index (χ1n) is 7.19. The highest BCUT2D eigenvalue weighted by Crippen LogP contribution is 2.32. The number of nitrogens with zero attached hydrogens (tertiary/aromatic N) is 3. The molecule has 0 aromatic carbocycles. The largest absolute Gasteiger partial charge is 0.434 e. The maximum atomic E-state index is 12.6. The predicted octanol–water partition coefficient (Wildman–Crippen LogP) is 3.50. The van der Waals surface area contributed by atoms with Gasteiger partial charge in [-0.25, -0.2) is 9.97 Å². The first-order chi connectivity index (χ1) is 11.2. The third-order valence-corrected chi connectivity index (χ3v) is 4.28. The Kier molecular flexibility index (Phi) is 5.43. The fraction of sp³-hybridized carbons (Fsp3) is 0.400. The van der Waals surface area contributed by atoms with Crippen molar-refractivity contribution in [3.63, 3.8) is 0 Å². The summed E-state index contributed by atoms with van der Waals surface area (Å²) in [5.74, 6) is -0.448. The summed E-state index contributed by atoms with van der Waals surface area (Å²) in [4.78, 5) is 21.7. The fourth-order valence-corrected chi connectivity index (χ4v) is 2.89. The van der Waals surface area contributed by atoms with E-state index >= 15 is 0 Å². The SMILES string of the molecule is CCC(NC(=O)c1ccc(N(C)C)cn1)c1nc(C(F)(F)F)cs1. The van der Waals surface area contributed by atoms with Crippen molar-refractivity contribution in [2.75, 3.05) is 19.0 Å². The molecule has 2 heterocycles. The quantitative estimate of drug-likeness (QED) is 0.889. The van der Waals surface area contributed by atoms with Gasteiger partial charge in [-0.1, -0.05) is 6.92 Å². The van der Waals surface area contributed by atoms with E-state index < -0.39 is 23.8 Å². The minimum atomic E-state index is -4.49. The molecule has 0 radical (unpaired) electrons. The molecule has 1 unspecified atom stereocenters. The van der Waals surface area contributed by atoms with E-state index in [1.807, 2.05) is 19.0 Å². The molecule has 1 atom stereocenters. The lowest BCUT2D eigenvalue weighted by Gasteiger charge is -2.15. The first-order valence-corrected chi connectivity index (χ1v) is 8.07. The topological polar surface area (TPSA) is 58.1 Å². The molecule has 0 spiro atoms. The molecule has 0 fully saturated rings. The van der Waals surface area contributed by atoms with Crippen molar-refractivity contribution in [2.45, 2.75) is 25.6 Å². The summed E-state index contributed by atoms with van der Waals surface area (Å²) < 4.78 is 37.9. The Morgan fingerprint density at radius 1 is 1.38 bits per heavy atom. The minimum absolute atomic E-state index is 0.201. The van der Waals surface area contributed by atoms with Crippen LogP contribution >= 0.6 is 11.3 Å². The molecule has 24 heavy (non-hydrogen) atoms. The van der Waals surface area contributed by atoms with Gasteiger partial charge >= 0.3 is 6.18 Å². The number of aromatic nitrogens is 2. The van der Waals surface area contributed by atoms with Crippen LogP contribution in [0.2, 0.25) is 0 Å². The Morgan fingerprint density at radius 2 is 2.08 bits per heavy atom. The van der Waals surface area contributed by atoms with E-state index in [9.17, 15) is 18.0 Å².